The topological polar surface area (TPSA) is 15.3 Å². The van der Waals surface area contributed by atoms with Crippen LogP contribution in [0.3, 0.4) is 0 Å². The van der Waals surface area contributed by atoms with E-state index in [4.69, 9.17) is 0 Å². The summed E-state index contributed by atoms with van der Waals surface area (Å²) in [4.78, 5) is 2.73. The van der Waals surface area contributed by atoms with Crippen molar-refractivity contribution < 1.29 is 0 Å². The molecule has 1 N–H and O–H groups in total. The fourth-order valence-electron chi connectivity index (χ4n) is 3.50. The lowest BCUT2D eigenvalue weighted by atomic mass is 9.96. The summed E-state index contributed by atoms with van der Waals surface area (Å²) in [5.74, 6) is 0.908. The Kier molecular flexibility index (Phi) is 4.77. The Morgan fingerprint density at radius 1 is 1.11 bits per heavy atom. The predicted octanol–water partition coefficient (Wildman–Crippen LogP) is 3.43. The summed E-state index contributed by atoms with van der Waals surface area (Å²) in [5, 5.41) is 3.47. The first kappa shape index (κ1) is 13.8. The first-order valence-corrected chi connectivity index (χ1v) is 8.61. The van der Waals surface area contributed by atoms with E-state index < -0.39 is 0 Å². The van der Waals surface area contributed by atoms with E-state index in [0.29, 0.717) is 6.04 Å². The van der Waals surface area contributed by atoms with E-state index in [1.807, 2.05) is 0 Å². The highest BCUT2D eigenvalue weighted by atomic mass is 127. The average Bonchev–Trinajstić information content (AvgIpc) is 2.89. The van der Waals surface area contributed by atoms with Crippen molar-refractivity contribution >= 4 is 22.6 Å². The summed E-state index contributed by atoms with van der Waals surface area (Å²) in [7, 11) is 0. The van der Waals surface area contributed by atoms with Gasteiger partial charge in [-0.3, -0.25) is 4.90 Å². The maximum absolute atomic E-state index is 3.47. The number of piperidine rings is 1. The van der Waals surface area contributed by atoms with Gasteiger partial charge < -0.3 is 5.32 Å². The van der Waals surface area contributed by atoms with E-state index in [1.165, 1.54) is 61.0 Å². The number of benzene rings is 1. The van der Waals surface area contributed by atoms with E-state index in [9.17, 15) is 0 Å². The molecule has 3 heteroatoms. The minimum absolute atomic E-state index is 0.673. The van der Waals surface area contributed by atoms with Crippen LogP contribution in [0.2, 0.25) is 0 Å². The van der Waals surface area contributed by atoms with Crippen molar-refractivity contribution in [3.8, 4) is 0 Å². The Balaban J connectivity index is 1.65. The van der Waals surface area contributed by atoms with Crippen LogP contribution in [-0.2, 0) is 0 Å². The third-order valence-corrected chi connectivity index (χ3v) is 5.29. The van der Waals surface area contributed by atoms with Gasteiger partial charge in [-0.25, -0.2) is 0 Å². The highest BCUT2D eigenvalue weighted by Gasteiger charge is 2.28. The maximum atomic E-state index is 3.47. The molecule has 3 rings (SSSR count). The van der Waals surface area contributed by atoms with E-state index in [-0.39, 0.29) is 0 Å². The van der Waals surface area contributed by atoms with Crippen LogP contribution in [0.5, 0.6) is 0 Å². The average molecular weight is 370 g/mol. The molecule has 2 fully saturated rings. The van der Waals surface area contributed by atoms with Gasteiger partial charge in [-0.2, -0.15) is 0 Å². The smallest absolute Gasteiger partial charge is 0.0348 e. The standard InChI is InChI=1S/C16H23IN2/c17-15-5-3-14(4-6-15)16-2-1-11-19(16)12-13-7-9-18-10-8-13/h3-6,13,16,18H,1-2,7-12H2. The molecule has 0 saturated carbocycles. The van der Waals surface area contributed by atoms with Gasteiger partial charge in [0.2, 0.25) is 0 Å². The molecule has 2 aliphatic rings. The molecule has 0 amide bonds. The minimum atomic E-state index is 0.673. The number of nitrogens with one attached hydrogen (secondary N) is 1. The van der Waals surface area contributed by atoms with E-state index in [1.54, 1.807) is 0 Å². The van der Waals surface area contributed by atoms with Crippen LogP contribution in [0, 0.1) is 9.49 Å². The fraction of sp³-hybridized carbons (Fsp3) is 0.625. The van der Waals surface area contributed by atoms with Crippen molar-refractivity contribution in [2.75, 3.05) is 26.2 Å². The summed E-state index contributed by atoms with van der Waals surface area (Å²) < 4.78 is 1.34. The van der Waals surface area contributed by atoms with Crippen molar-refractivity contribution in [2.24, 2.45) is 5.92 Å². The molecule has 0 aromatic heterocycles. The zero-order chi connectivity index (χ0) is 13.1. The zero-order valence-corrected chi connectivity index (χ0v) is 13.6. The van der Waals surface area contributed by atoms with Crippen molar-refractivity contribution in [3.05, 3.63) is 33.4 Å². The van der Waals surface area contributed by atoms with Crippen LogP contribution in [0.1, 0.15) is 37.3 Å². The Labute approximate surface area is 130 Å². The fourth-order valence-corrected chi connectivity index (χ4v) is 3.86. The Bertz CT molecular complexity index is 398. The van der Waals surface area contributed by atoms with Gasteiger partial charge in [0.25, 0.3) is 0 Å². The second-order valence-corrected chi connectivity index (χ2v) is 7.14. The van der Waals surface area contributed by atoms with E-state index in [2.05, 4.69) is 57.1 Å². The van der Waals surface area contributed by atoms with Crippen molar-refractivity contribution in [3.63, 3.8) is 0 Å². The van der Waals surface area contributed by atoms with Crippen molar-refractivity contribution in [2.45, 2.75) is 31.7 Å². The van der Waals surface area contributed by atoms with Crippen molar-refractivity contribution in [1.29, 1.82) is 0 Å². The van der Waals surface area contributed by atoms with Gasteiger partial charge in [-0.15, -0.1) is 0 Å². The SMILES string of the molecule is Ic1ccc(C2CCCN2CC2CCNCC2)cc1. The molecule has 0 aliphatic carbocycles. The molecular formula is C16H23IN2. The zero-order valence-electron chi connectivity index (χ0n) is 11.4. The molecule has 2 nitrogen and oxygen atoms in total. The molecule has 2 heterocycles. The van der Waals surface area contributed by atoms with E-state index in [0.717, 1.165) is 5.92 Å². The third kappa shape index (κ3) is 3.50. The van der Waals surface area contributed by atoms with Crippen LogP contribution in [0.25, 0.3) is 0 Å². The number of halogens is 1. The second kappa shape index (κ2) is 6.55. The van der Waals surface area contributed by atoms with Crippen LogP contribution in [0.15, 0.2) is 24.3 Å². The number of nitrogens with zero attached hydrogens (tertiary/aromatic N) is 1. The Hall–Kier alpha value is -0.130. The molecule has 1 atom stereocenters. The number of likely N-dealkylation sites (tertiary alicyclic amines) is 1. The van der Waals surface area contributed by atoms with Gasteiger partial charge in [0.1, 0.15) is 0 Å². The van der Waals surface area contributed by atoms with Gasteiger partial charge in [-0.1, -0.05) is 12.1 Å². The second-order valence-electron chi connectivity index (χ2n) is 5.90. The molecule has 1 unspecified atom stereocenters. The summed E-state index contributed by atoms with van der Waals surface area (Å²) >= 11 is 2.39. The van der Waals surface area contributed by atoms with Crippen LogP contribution in [0.4, 0.5) is 0 Å². The molecule has 1 aromatic rings. The third-order valence-electron chi connectivity index (χ3n) is 4.57. The Morgan fingerprint density at radius 2 is 1.84 bits per heavy atom. The van der Waals surface area contributed by atoms with Crippen LogP contribution >= 0.6 is 22.6 Å². The molecular weight excluding hydrogens is 347 g/mol. The highest BCUT2D eigenvalue weighted by molar-refractivity contribution is 14.1. The minimum Gasteiger partial charge on any atom is -0.317 e. The molecule has 104 valence electrons. The lowest BCUT2D eigenvalue weighted by Gasteiger charge is -2.31. The van der Waals surface area contributed by atoms with Gasteiger partial charge >= 0.3 is 0 Å². The quantitative estimate of drug-likeness (QED) is 0.821. The summed E-state index contributed by atoms with van der Waals surface area (Å²) in [6.07, 6.45) is 5.42. The molecule has 19 heavy (non-hydrogen) atoms. The molecule has 2 saturated heterocycles. The number of hydrogen-bond donors (Lipinski definition) is 1. The largest absolute Gasteiger partial charge is 0.317 e. The molecule has 0 spiro atoms. The maximum Gasteiger partial charge on any atom is 0.0348 e. The highest BCUT2D eigenvalue weighted by Crippen LogP contribution is 2.33. The Morgan fingerprint density at radius 3 is 2.58 bits per heavy atom. The predicted molar refractivity (Wildman–Crippen MR) is 88.3 cm³/mol. The molecule has 0 radical (unpaired) electrons. The van der Waals surface area contributed by atoms with Gasteiger partial charge in [0.15, 0.2) is 0 Å². The molecule has 2 aliphatic heterocycles. The van der Waals surface area contributed by atoms with Gasteiger partial charge in [-0.05, 0) is 91.5 Å². The normalized spacial score (nSPS) is 25.8. The van der Waals surface area contributed by atoms with Gasteiger partial charge in [0, 0.05) is 16.2 Å². The summed E-state index contributed by atoms with van der Waals surface area (Å²) in [6, 6.07) is 9.82. The number of rotatable bonds is 3. The first-order chi connectivity index (χ1) is 9.33. The monoisotopic (exact) mass is 370 g/mol. The van der Waals surface area contributed by atoms with Crippen molar-refractivity contribution in [1.82, 2.24) is 10.2 Å². The van der Waals surface area contributed by atoms with Crippen LogP contribution < -0.4 is 5.32 Å². The van der Waals surface area contributed by atoms with E-state index >= 15 is 0 Å². The lowest BCUT2D eigenvalue weighted by molar-refractivity contribution is 0.193. The summed E-state index contributed by atoms with van der Waals surface area (Å²) in [6.45, 7) is 5.03. The van der Waals surface area contributed by atoms with Crippen LogP contribution in [-0.4, -0.2) is 31.1 Å². The summed E-state index contributed by atoms with van der Waals surface area (Å²) in [5.41, 5.74) is 1.52. The first-order valence-electron chi connectivity index (χ1n) is 7.53. The molecule has 0 bridgehead atoms. The van der Waals surface area contributed by atoms with Gasteiger partial charge in [0.05, 0.1) is 0 Å². The molecule has 1 aromatic carbocycles. The number of hydrogen-bond acceptors (Lipinski definition) is 2. The lowest BCUT2D eigenvalue weighted by Crippen LogP contribution is -2.36.